The lowest BCUT2D eigenvalue weighted by Gasteiger charge is -2.04. The summed E-state index contributed by atoms with van der Waals surface area (Å²) in [5.74, 6) is 5.37. The number of benzene rings is 1. The van der Waals surface area contributed by atoms with Crippen molar-refractivity contribution < 1.29 is 9.90 Å². The van der Waals surface area contributed by atoms with Gasteiger partial charge >= 0.3 is 6.03 Å². The number of nitrogens with one attached hydrogen (secondary N) is 2. The summed E-state index contributed by atoms with van der Waals surface area (Å²) in [5.41, 5.74) is 1.84. The lowest BCUT2D eigenvalue weighted by molar-refractivity contribution is 0.242. The SMILES string of the molecule is CNC(=O)NCc1ccc(C#CCO)cc1. The summed E-state index contributed by atoms with van der Waals surface area (Å²) >= 11 is 0. The molecule has 0 saturated heterocycles. The molecule has 0 saturated carbocycles. The van der Waals surface area contributed by atoms with Crippen molar-refractivity contribution in [3.8, 4) is 11.8 Å². The van der Waals surface area contributed by atoms with Crippen LogP contribution in [0.2, 0.25) is 0 Å². The van der Waals surface area contributed by atoms with Crippen molar-refractivity contribution in [3.05, 3.63) is 35.4 Å². The molecule has 0 spiro atoms. The van der Waals surface area contributed by atoms with Crippen molar-refractivity contribution in [3.63, 3.8) is 0 Å². The number of amides is 2. The third kappa shape index (κ3) is 4.03. The molecule has 2 amide bonds. The highest BCUT2D eigenvalue weighted by molar-refractivity contribution is 5.73. The Labute approximate surface area is 94.7 Å². The highest BCUT2D eigenvalue weighted by Crippen LogP contribution is 2.02. The number of aliphatic hydroxyl groups is 1. The van der Waals surface area contributed by atoms with E-state index in [4.69, 9.17) is 5.11 Å². The molecule has 1 aromatic rings. The van der Waals surface area contributed by atoms with Crippen LogP contribution >= 0.6 is 0 Å². The molecule has 0 atom stereocenters. The molecule has 4 heteroatoms. The van der Waals surface area contributed by atoms with E-state index < -0.39 is 0 Å². The molecule has 0 fully saturated rings. The molecule has 1 rings (SSSR count). The second-order valence-corrected chi connectivity index (χ2v) is 3.09. The summed E-state index contributed by atoms with van der Waals surface area (Å²) in [6.07, 6.45) is 0. The molecule has 0 aromatic heterocycles. The molecule has 16 heavy (non-hydrogen) atoms. The predicted octanol–water partition coefficient (Wildman–Crippen LogP) is 0.459. The van der Waals surface area contributed by atoms with E-state index in [1.807, 2.05) is 24.3 Å². The summed E-state index contributed by atoms with van der Waals surface area (Å²) in [6, 6.07) is 7.27. The lowest BCUT2D eigenvalue weighted by atomic mass is 10.1. The van der Waals surface area contributed by atoms with Gasteiger partial charge in [-0.25, -0.2) is 4.79 Å². The summed E-state index contributed by atoms with van der Waals surface area (Å²) in [5, 5.41) is 13.7. The molecule has 0 aliphatic rings. The summed E-state index contributed by atoms with van der Waals surface area (Å²) in [7, 11) is 1.57. The topological polar surface area (TPSA) is 61.4 Å². The number of aliphatic hydroxyl groups excluding tert-OH is 1. The Morgan fingerprint density at radius 2 is 2.06 bits per heavy atom. The highest BCUT2D eigenvalue weighted by atomic mass is 16.2. The smallest absolute Gasteiger partial charge is 0.314 e. The number of carbonyl (C=O) groups excluding carboxylic acids is 1. The van der Waals surface area contributed by atoms with Crippen molar-refractivity contribution in [1.82, 2.24) is 10.6 Å². The van der Waals surface area contributed by atoms with Crippen molar-refractivity contribution in [2.24, 2.45) is 0 Å². The average molecular weight is 218 g/mol. The van der Waals surface area contributed by atoms with Gasteiger partial charge in [-0.15, -0.1) is 0 Å². The minimum absolute atomic E-state index is 0.139. The fourth-order valence-corrected chi connectivity index (χ4v) is 1.12. The van der Waals surface area contributed by atoms with E-state index in [1.165, 1.54) is 0 Å². The van der Waals surface area contributed by atoms with Crippen molar-refractivity contribution in [1.29, 1.82) is 0 Å². The molecule has 84 valence electrons. The van der Waals surface area contributed by atoms with Crippen LogP contribution in [0, 0.1) is 11.8 Å². The van der Waals surface area contributed by atoms with E-state index in [-0.39, 0.29) is 12.6 Å². The van der Waals surface area contributed by atoms with Gasteiger partial charge in [-0.2, -0.15) is 0 Å². The molecular formula is C12H14N2O2. The number of urea groups is 1. The zero-order valence-electron chi connectivity index (χ0n) is 9.08. The van der Waals surface area contributed by atoms with Crippen molar-refractivity contribution in [2.75, 3.05) is 13.7 Å². The van der Waals surface area contributed by atoms with Gasteiger partial charge in [-0.3, -0.25) is 0 Å². The first-order valence-corrected chi connectivity index (χ1v) is 4.90. The van der Waals surface area contributed by atoms with E-state index in [0.717, 1.165) is 11.1 Å². The minimum atomic E-state index is -0.204. The predicted molar refractivity (Wildman–Crippen MR) is 61.7 cm³/mol. The average Bonchev–Trinajstić information content (AvgIpc) is 2.34. The maximum atomic E-state index is 10.9. The molecule has 0 aliphatic carbocycles. The standard InChI is InChI=1S/C12H14N2O2/c1-13-12(16)14-9-11-6-4-10(5-7-11)3-2-8-15/h4-7,15H,8-9H2,1H3,(H2,13,14,16). The number of carbonyl (C=O) groups is 1. The van der Waals surface area contributed by atoms with Gasteiger partial charge in [0.15, 0.2) is 0 Å². The van der Waals surface area contributed by atoms with E-state index in [9.17, 15) is 4.79 Å². The first-order valence-electron chi connectivity index (χ1n) is 4.90. The van der Waals surface area contributed by atoms with Crippen LogP contribution in [0.1, 0.15) is 11.1 Å². The summed E-state index contributed by atoms with van der Waals surface area (Å²) in [4.78, 5) is 10.9. The molecule has 1 aromatic carbocycles. The van der Waals surface area contributed by atoms with E-state index in [1.54, 1.807) is 7.05 Å². The first kappa shape index (κ1) is 12.1. The van der Waals surface area contributed by atoms with Crippen LogP contribution in [0.3, 0.4) is 0 Å². The number of hydrogen-bond donors (Lipinski definition) is 3. The minimum Gasteiger partial charge on any atom is -0.384 e. The Morgan fingerprint density at radius 3 is 2.62 bits per heavy atom. The van der Waals surface area contributed by atoms with Crippen LogP contribution in [0.25, 0.3) is 0 Å². The Morgan fingerprint density at radius 1 is 1.38 bits per heavy atom. The van der Waals surface area contributed by atoms with Gasteiger partial charge in [0.2, 0.25) is 0 Å². The monoisotopic (exact) mass is 218 g/mol. The first-order chi connectivity index (χ1) is 7.76. The lowest BCUT2D eigenvalue weighted by Crippen LogP contribution is -2.32. The van der Waals surface area contributed by atoms with Gasteiger partial charge in [0, 0.05) is 19.2 Å². The summed E-state index contributed by atoms with van der Waals surface area (Å²) < 4.78 is 0. The van der Waals surface area contributed by atoms with E-state index >= 15 is 0 Å². The third-order valence-corrected chi connectivity index (χ3v) is 1.95. The van der Waals surface area contributed by atoms with Crippen LogP contribution in [-0.4, -0.2) is 24.8 Å². The Kier molecular flexibility index (Phi) is 4.90. The van der Waals surface area contributed by atoms with Gasteiger partial charge in [0.1, 0.15) is 6.61 Å². The second-order valence-electron chi connectivity index (χ2n) is 3.09. The van der Waals surface area contributed by atoms with Crippen LogP contribution < -0.4 is 10.6 Å². The fraction of sp³-hybridized carbons (Fsp3) is 0.250. The molecule has 0 unspecified atom stereocenters. The van der Waals surface area contributed by atoms with Gasteiger partial charge in [0.25, 0.3) is 0 Å². The van der Waals surface area contributed by atoms with Crippen LogP contribution in [0.5, 0.6) is 0 Å². The highest BCUT2D eigenvalue weighted by Gasteiger charge is 1.96. The van der Waals surface area contributed by atoms with Gasteiger partial charge in [-0.05, 0) is 17.7 Å². The second kappa shape index (κ2) is 6.49. The van der Waals surface area contributed by atoms with Gasteiger partial charge < -0.3 is 15.7 Å². The Hall–Kier alpha value is -1.99. The van der Waals surface area contributed by atoms with Crippen LogP contribution in [0.15, 0.2) is 24.3 Å². The van der Waals surface area contributed by atoms with E-state index in [2.05, 4.69) is 22.5 Å². The maximum Gasteiger partial charge on any atom is 0.314 e. The Balaban J connectivity index is 2.54. The van der Waals surface area contributed by atoms with Crippen LogP contribution in [-0.2, 0) is 6.54 Å². The zero-order valence-corrected chi connectivity index (χ0v) is 9.08. The fourth-order valence-electron chi connectivity index (χ4n) is 1.12. The van der Waals surface area contributed by atoms with Crippen molar-refractivity contribution >= 4 is 6.03 Å². The third-order valence-electron chi connectivity index (χ3n) is 1.95. The maximum absolute atomic E-state index is 10.9. The zero-order chi connectivity index (χ0) is 11.8. The van der Waals surface area contributed by atoms with Crippen LogP contribution in [0.4, 0.5) is 4.79 Å². The molecule has 0 bridgehead atoms. The normalized spacial score (nSPS) is 8.88. The molecule has 4 nitrogen and oxygen atoms in total. The number of hydrogen-bond acceptors (Lipinski definition) is 2. The van der Waals surface area contributed by atoms with E-state index in [0.29, 0.717) is 6.54 Å². The van der Waals surface area contributed by atoms with Gasteiger partial charge in [0.05, 0.1) is 0 Å². The molecule has 3 N–H and O–H groups in total. The Bertz CT molecular complexity index is 401. The summed E-state index contributed by atoms with van der Waals surface area (Å²) in [6.45, 7) is 0.341. The molecule has 0 radical (unpaired) electrons. The number of rotatable bonds is 2. The molecule has 0 heterocycles. The molecule has 0 aliphatic heterocycles. The molecular weight excluding hydrogens is 204 g/mol. The quantitative estimate of drug-likeness (QED) is 0.631. The van der Waals surface area contributed by atoms with Crippen molar-refractivity contribution in [2.45, 2.75) is 6.54 Å². The van der Waals surface area contributed by atoms with Gasteiger partial charge in [-0.1, -0.05) is 24.0 Å². The largest absolute Gasteiger partial charge is 0.384 e.